The van der Waals surface area contributed by atoms with Gasteiger partial charge in [0.05, 0.1) is 17.1 Å². The number of nitrogens with zero attached hydrogens (tertiary/aromatic N) is 1. The zero-order chi connectivity index (χ0) is 17.5. The molecule has 4 rings (SSSR count). The highest BCUT2D eigenvalue weighted by Crippen LogP contribution is 2.46. The molecule has 2 saturated heterocycles. The number of benzene rings is 1. The van der Waals surface area contributed by atoms with Gasteiger partial charge in [-0.1, -0.05) is 30.2 Å². The van der Waals surface area contributed by atoms with Crippen LogP contribution in [0.1, 0.15) is 50.5 Å². The van der Waals surface area contributed by atoms with Gasteiger partial charge in [-0.05, 0) is 56.2 Å². The number of rotatable bonds is 2. The van der Waals surface area contributed by atoms with E-state index in [0.29, 0.717) is 18.1 Å². The average molecular weight is 364 g/mol. The zero-order valence-electron chi connectivity index (χ0n) is 14.5. The molecule has 1 aliphatic carbocycles. The number of amides is 1. The Balaban J connectivity index is 1.49. The number of aliphatic hydroxyl groups is 1. The summed E-state index contributed by atoms with van der Waals surface area (Å²) in [7, 11) is 0. The maximum atomic E-state index is 13.3. The van der Waals surface area contributed by atoms with E-state index in [0.717, 1.165) is 57.1 Å². The summed E-state index contributed by atoms with van der Waals surface area (Å²) in [6.07, 6.45) is 5.71. The molecule has 1 aromatic rings. The molecule has 4 nitrogen and oxygen atoms in total. The summed E-state index contributed by atoms with van der Waals surface area (Å²) in [4.78, 5) is 15.3. The summed E-state index contributed by atoms with van der Waals surface area (Å²) in [5, 5.41) is 11.1. The topological polar surface area (TPSA) is 49.8 Å². The van der Waals surface area contributed by atoms with Gasteiger partial charge >= 0.3 is 0 Å². The second-order valence-electron chi connectivity index (χ2n) is 7.81. The Morgan fingerprint density at radius 3 is 2.36 bits per heavy atom. The number of carbonyl (C=O) groups is 1. The summed E-state index contributed by atoms with van der Waals surface area (Å²) in [6.45, 7) is 2.07. The first-order chi connectivity index (χ1) is 12.1. The molecule has 0 unspecified atom stereocenters. The third-order valence-electron chi connectivity index (χ3n) is 6.53. The minimum absolute atomic E-state index is 0.237. The third-order valence-corrected chi connectivity index (χ3v) is 6.78. The quantitative estimate of drug-likeness (QED) is 0.877. The number of likely N-dealkylation sites (tertiary alicyclic amines) is 1. The van der Waals surface area contributed by atoms with Crippen LogP contribution in [0.15, 0.2) is 24.3 Å². The summed E-state index contributed by atoms with van der Waals surface area (Å²) >= 11 is 6.01. The maximum Gasteiger partial charge on any atom is 0.233 e. The molecule has 25 heavy (non-hydrogen) atoms. The molecule has 1 atom stereocenters. The van der Waals surface area contributed by atoms with E-state index in [9.17, 15) is 9.90 Å². The molecule has 5 heteroatoms. The van der Waals surface area contributed by atoms with Crippen LogP contribution in [-0.4, -0.2) is 47.3 Å². The predicted molar refractivity (Wildman–Crippen MR) is 96.7 cm³/mol. The standard InChI is InChI=1S/C20H26ClNO3/c21-16-6-4-15(5-7-16)19(8-2-9-19)18(24)22-12-10-20(11-13-22)17(23)3-1-14-25-20/h4-7,17,23H,1-3,8-14H2/t17-/m0/s1. The molecule has 3 aliphatic rings. The van der Waals surface area contributed by atoms with E-state index >= 15 is 0 Å². The van der Waals surface area contributed by atoms with Gasteiger partial charge in [-0.25, -0.2) is 0 Å². The fourth-order valence-corrected chi connectivity index (χ4v) is 4.83. The molecule has 0 bridgehead atoms. The monoisotopic (exact) mass is 363 g/mol. The van der Waals surface area contributed by atoms with Gasteiger partial charge in [0.25, 0.3) is 0 Å². The van der Waals surface area contributed by atoms with Crippen LogP contribution in [0.4, 0.5) is 0 Å². The Morgan fingerprint density at radius 2 is 1.80 bits per heavy atom. The first-order valence-corrected chi connectivity index (χ1v) is 9.81. The smallest absolute Gasteiger partial charge is 0.233 e. The van der Waals surface area contributed by atoms with Crippen molar-refractivity contribution in [2.75, 3.05) is 19.7 Å². The Labute approximate surface area is 154 Å². The third kappa shape index (κ3) is 2.88. The van der Waals surface area contributed by atoms with Crippen molar-refractivity contribution in [3.05, 3.63) is 34.9 Å². The largest absolute Gasteiger partial charge is 0.390 e. The van der Waals surface area contributed by atoms with Gasteiger partial charge < -0.3 is 14.7 Å². The van der Waals surface area contributed by atoms with Crippen molar-refractivity contribution >= 4 is 17.5 Å². The number of hydrogen-bond donors (Lipinski definition) is 1. The molecule has 1 saturated carbocycles. The minimum atomic E-state index is -0.428. The molecule has 1 spiro atoms. The van der Waals surface area contributed by atoms with Crippen LogP contribution in [0.2, 0.25) is 5.02 Å². The van der Waals surface area contributed by atoms with Gasteiger partial charge in [0, 0.05) is 24.7 Å². The van der Waals surface area contributed by atoms with Crippen LogP contribution in [-0.2, 0) is 14.9 Å². The lowest BCUT2D eigenvalue weighted by Gasteiger charge is -2.50. The van der Waals surface area contributed by atoms with Crippen molar-refractivity contribution < 1.29 is 14.6 Å². The molecule has 2 aliphatic heterocycles. The lowest BCUT2D eigenvalue weighted by molar-refractivity contribution is -0.182. The number of piperidine rings is 1. The summed E-state index contributed by atoms with van der Waals surface area (Å²) in [5.74, 6) is 0.237. The van der Waals surface area contributed by atoms with Gasteiger partial charge in [0.2, 0.25) is 5.91 Å². The van der Waals surface area contributed by atoms with Crippen molar-refractivity contribution in [2.45, 2.75) is 62.1 Å². The van der Waals surface area contributed by atoms with Crippen molar-refractivity contribution in [1.82, 2.24) is 4.90 Å². The van der Waals surface area contributed by atoms with Gasteiger partial charge in [-0.2, -0.15) is 0 Å². The fourth-order valence-electron chi connectivity index (χ4n) is 4.71. The van der Waals surface area contributed by atoms with E-state index in [1.165, 1.54) is 0 Å². The molecule has 1 aromatic carbocycles. The number of ether oxygens (including phenoxy) is 1. The van der Waals surface area contributed by atoms with Crippen molar-refractivity contribution in [1.29, 1.82) is 0 Å². The van der Waals surface area contributed by atoms with E-state index in [1.807, 2.05) is 29.2 Å². The molecule has 3 fully saturated rings. The van der Waals surface area contributed by atoms with Crippen molar-refractivity contribution in [2.24, 2.45) is 0 Å². The van der Waals surface area contributed by atoms with Crippen LogP contribution in [0.25, 0.3) is 0 Å². The molecular formula is C20H26ClNO3. The van der Waals surface area contributed by atoms with Crippen molar-refractivity contribution in [3.63, 3.8) is 0 Å². The lowest BCUT2D eigenvalue weighted by Crippen LogP contribution is -2.59. The van der Waals surface area contributed by atoms with Crippen LogP contribution < -0.4 is 0 Å². The lowest BCUT2D eigenvalue weighted by atomic mass is 9.63. The molecular weight excluding hydrogens is 338 g/mol. The number of hydrogen-bond acceptors (Lipinski definition) is 3. The average Bonchev–Trinajstić information content (AvgIpc) is 2.59. The van der Waals surface area contributed by atoms with Gasteiger partial charge in [0.1, 0.15) is 0 Å². The van der Waals surface area contributed by atoms with Crippen LogP contribution in [0, 0.1) is 0 Å². The van der Waals surface area contributed by atoms with Gasteiger partial charge in [-0.3, -0.25) is 4.79 Å². The van der Waals surface area contributed by atoms with E-state index in [2.05, 4.69) is 0 Å². The van der Waals surface area contributed by atoms with Crippen molar-refractivity contribution in [3.8, 4) is 0 Å². The van der Waals surface area contributed by atoms with E-state index in [-0.39, 0.29) is 11.3 Å². The first-order valence-electron chi connectivity index (χ1n) is 9.43. The SMILES string of the molecule is O=C(N1CCC2(CC1)OCCC[C@@H]2O)C1(c2ccc(Cl)cc2)CCC1. The molecule has 2 heterocycles. The zero-order valence-corrected chi connectivity index (χ0v) is 15.3. The fraction of sp³-hybridized carbons (Fsp3) is 0.650. The van der Waals surface area contributed by atoms with E-state index in [4.69, 9.17) is 16.3 Å². The Hall–Kier alpha value is -1.10. The number of carbonyl (C=O) groups excluding carboxylic acids is 1. The first kappa shape index (κ1) is 17.3. The van der Waals surface area contributed by atoms with Crippen LogP contribution >= 0.6 is 11.6 Å². The second-order valence-corrected chi connectivity index (χ2v) is 8.24. The maximum absolute atomic E-state index is 13.3. The normalized spacial score (nSPS) is 27.8. The molecule has 1 N–H and O–H groups in total. The number of halogens is 1. The highest BCUT2D eigenvalue weighted by atomic mass is 35.5. The van der Waals surface area contributed by atoms with E-state index in [1.54, 1.807) is 0 Å². The second kappa shape index (κ2) is 6.57. The molecule has 0 radical (unpaired) electrons. The summed E-state index contributed by atoms with van der Waals surface area (Å²) < 4.78 is 5.97. The molecule has 0 aromatic heterocycles. The Morgan fingerprint density at radius 1 is 1.12 bits per heavy atom. The molecule has 136 valence electrons. The Bertz CT molecular complexity index is 633. The summed E-state index contributed by atoms with van der Waals surface area (Å²) in [5.41, 5.74) is 0.283. The predicted octanol–water partition coefficient (Wildman–Crippen LogP) is 3.29. The minimum Gasteiger partial charge on any atom is -0.390 e. The highest BCUT2D eigenvalue weighted by molar-refractivity contribution is 6.30. The van der Waals surface area contributed by atoms with E-state index < -0.39 is 11.7 Å². The van der Waals surface area contributed by atoms with Gasteiger partial charge in [-0.15, -0.1) is 0 Å². The van der Waals surface area contributed by atoms with Crippen LogP contribution in [0.5, 0.6) is 0 Å². The van der Waals surface area contributed by atoms with Crippen LogP contribution in [0.3, 0.4) is 0 Å². The Kier molecular flexibility index (Phi) is 4.55. The highest BCUT2D eigenvalue weighted by Gasteiger charge is 2.50. The number of aliphatic hydroxyl groups excluding tert-OH is 1. The summed E-state index contributed by atoms with van der Waals surface area (Å²) in [6, 6.07) is 7.75. The van der Waals surface area contributed by atoms with Gasteiger partial charge in [0.15, 0.2) is 0 Å². The molecule has 1 amide bonds.